The summed E-state index contributed by atoms with van der Waals surface area (Å²) in [6, 6.07) is 28.4. The Hall–Kier alpha value is -4.72. The predicted octanol–water partition coefficient (Wildman–Crippen LogP) is 4.89. The highest BCUT2D eigenvalue weighted by molar-refractivity contribution is 5.85. The van der Waals surface area contributed by atoms with Crippen molar-refractivity contribution in [3.63, 3.8) is 0 Å². The van der Waals surface area contributed by atoms with Crippen molar-refractivity contribution >= 4 is 17.8 Å². The Labute approximate surface area is 221 Å². The monoisotopic (exact) mass is 508 g/mol. The van der Waals surface area contributed by atoms with Crippen LogP contribution in [-0.4, -0.2) is 52.9 Å². The smallest absolute Gasteiger partial charge is 0.303 e. The van der Waals surface area contributed by atoms with E-state index < -0.39 is 12.1 Å². The molecule has 0 radical (unpaired) electrons. The Bertz CT molecular complexity index is 1370. The Balaban J connectivity index is 1.23. The number of hydrogen-bond donors (Lipinski definition) is 0. The maximum atomic E-state index is 13.2. The normalized spacial score (nSPS) is 14.0. The molecule has 0 bridgehead atoms. The second kappa shape index (κ2) is 11.6. The van der Waals surface area contributed by atoms with E-state index in [1.54, 1.807) is 23.2 Å². The highest BCUT2D eigenvalue weighted by Gasteiger charge is 2.31. The predicted molar refractivity (Wildman–Crippen MR) is 144 cm³/mol. The largest absolute Gasteiger partial charge is 0.457 e. The number of anilines is 1. The van der Waals surface area contributed by atoms with Crippen LogP contribution in [0.5, 0.6) is 11.5 Å². The summed E-state index contributed by atoms with van der Waals surface area (Å²) < 4.78 is 11.3. The Kier molecular flexibility index (Phi) is 7.59. The molecule has 4 aromatic rings. The molecule has 0 aliphatic carbocycles. The fourth-order valence-electron chi connectivity index (χ4n) is 4.33. The van der Waals surface area contributed by atoms with E-state index in [0.717, 1.165) is 22.8 Å². The molecule has 1 fully saturated rings. The minimum atomic E-state index is -0.950. The Morgan fingerprint density at radius 3 is 2.08 bits per heavy atom. The van der Waals surface area contributed by atoms with E-state index >= 15 is 0 Å². The Morgan fingerprint density at radius 1 is 0.789 bits per heavy atom. The number of carbonyl (C=O) groups is 2. The van der Waals surface area contributed by atoms with E-state index in [9.17, 15) is 9.59 Å². The van der Waals surface area contributed by atoms with Crippen molar-refractivity contribution < 1.29 is 19.1 Å². The number of para-hydroxylation sites is 1. The standard InChI is InChI=1S/C30H28N4O4/c1-22(35)37-28(24-8-4-2-5-9-24)29(36)33-18-20-34(21-19-33)30-31-17-16-27(32-30)23-12-14-26(15-13-23)38-25-10-6-3-7-11-25/h2-17,28H,18-21H2,1H3. The van der Waals surface area contributed by atoms with Gasteiger partial charge in [0.05, 0.1) is 5.69 Å². The van der Waals surface area contributed by atoms with Gasteiger partial charge in [-0.2, -0.15) is 0 Å². The molecule has 1 atom stereocenters. The lowest BCUT2D eigenvalue weighted by molar-refractivity contribution is -0.159. The molecule has 1 aliphatic rings. The number of carbonyl (C=O) groups excluding carboxylic acids is 2. The molecular formula is C30H28N4O4. The minimum Gasteiger partial charge on any atom is -0.457 e. The summed E-state index contributed by atoms with van der Waals surface area (Å²) in [4.78, 5) is 38.0. The van der Waals surface area contributed by atoms with Crippen LogP contribution in [0, 0.1) is 0 Å². The van der Waals surface area contributed by atoms with Crippen LogP contribution < -0.4 is 9.64 Å². The third-order valence-corrected chi connectivity index (χ3v) is 6.26. The molecule has 3 aromatic carbocycles. The van der Waals surface area contributed by atoms with Crippen LogP contribution in [0.4, 0.5) is 5.95 Å². The first-order chi connectivity index (χ1) is 18.6. The molecule has 0 spiro atoms. The van der Waals surface area contributed by atoms with E-state index in [-0.39, 0.29) is 5.91 Å². The van der Waals surface area contributed by atoms with Crippen LogP contribution in [0.15, 0.2) is 97.2 Å². The number of ether oxygens (including phenoxy) is 2. The lowest BCUT2D eigenvalue weighted by Gasteiger charge is -2.36. The quantitative estimate of drug-likeness (QED) is 0.329. The summed E-state index contributed by atoms with van der Waals surface area (Å²) in [5.41, 5.74) is 2.42. The number of rotatable bonds is 7. The molecule has 0 N–H and O–H groups in total. The fourth-order valence-corrected chi connectivity index (χ4v) is 4.33. The molecule has 1 unspecified atom stereocenters. The van der Waals surface area contributed by atoms with Crippen molar-refractivity contribution in [2.75, 3.05) is 31.1 Å². The van der Waals surface area contributed by atoms with E-state index in [4.69, 9.17) is 14.5 Å². The van der Waals surface area contributed by atoms with Gasteiger partial charge in [0.1, 0.15) is 11.5 Å². The number of benzene rings is 3. The van der Waals surface area contributed by atoms with Gasteiger partial charge in [0.15, 0.2) is 0 Å². The summed E-state index contributed by atoms with van der Waals surface area (Å²) in [5.74, 6) is 1.43. The van der Waals surface area contributed by atoms with Gasteiger partial charge in [0, 0.05) is 50.4 Å². The molecule has 8 heteroatoms. The van der Waals surface area contributed by atoms with Crippen LogP contribution >= 0.6 is 0 Å². The summed E-state index contributed by atoms with van der Waals surface area (Å²) in [6.45, 7) is 3.40. The number of hydrogen-bond acceptors (Lipinski definition) is 7. The molecule has 1 aromatic heterocycles. The number of esters is 1. The maximum absolute atomic E-state index is 13.2. The molecular weight excluding hydrogens is 480 g/mol. The second-order valence-corrected chi connectivity index (χ2v) is 8.89. The summed E-state index contributed by atoms with van der Waals surface area (Å²) >= 11 is 0. The third-order valence-electron chi connectivity index (χ3n) is 6.26. The highest BCUT2D eigenvalue weighted by Crippen LogP contribution is 2.26. The lowest BCUT2D eigenvalue weighted by atomic mass is 10.1. The molecule has 192 valence electrons. The van der Waals surface area contributed by atoms with Gasteiger partial charge in [0.2, 0.25) is 12.1 Å². The van der Waals surface area contributed by atoms with Gasteiger partial charge in [-0.3, -0.25) is 9.59 Å². The van der Waals surface area contributed by atoms with E-state index in [1.807, 2.05) is 78.9 Å². The number of piperazine rings is 1. The van der Waals surface area contributed by atoms with Gasteiger partial charge in [0.25, 0.3) is 5.91 Å². The zero-order valence-corrected chi connectivity index (χ0v) is 21.1. The van der Waals surface area contributed by atoms with Gasteiger partial charge in [-0.25, -0.2) is 9.97 Å². The summed E-state index contributed by atoms with van der Waals surface area (Å²) in [7, 11) is 0. The van der Waals surface area contributed by atoms with Crippen molar-refractivity contribution in [1.82, 2.24) is 14.9 Å². The zero-order valence-electron chi connectivity index (χ0n) is 21.1. The SMILES string of the molecule is CC(=O)OC(C(=O)N1CCN(c2nccc(-c3ccc(Oc4ccccc4)cc3)n2)CC1)c1ccccc1. The van der Waals surface area contributed by atoms with Gasteiger partial charge in [-0.05, 0) is 42.5 Å². The number of aromatic nitrogens is 2. The molecule has 1 aliphatic heterocycles. The van der Waals surface area contributed by atoms with Crippen LogP contribution in [-0.2, 0) is 14.3 Å². The molecule has 0 saturated carbocycles. The van der Waals surface area contributed by atoms with E-state index in [0.29, 0.717) is 37.7 Å². The van der Waals surface area contributed by atoms with E-state index in [1.165, 1.54) is 6.92 Å². The number of amides is 1. The van der Waals surface area contributed by atoms with Gasteiger partial charge >= 0.3 is 5.97 Å². The minimum absolute atomic E-state index is 0.224. The van der Waals surface area contributed by atoms with Crippen LogP contribution in [0.2, 0.25) is 0 Å². The molecule has 8 nitrogen and oxygen atoms in total. The maximum Gasteiger partial charge on any atom is 0.303 e. The van der Waals surface area contributed by atoms with E-state index in [2.05, 4.69) is 9.88 Å². The molecule has 1 saturated heterocycles. The Morgan fingerprint density at radius 2 is 1.42 bits per heavy atom. The van der Waals surface area contributed by atoms with Gasteiger partial charge in [-0.1, -0.05) is 48.5 Å². The van der Waals surface area contributed by atoms with Gasteiger partial charge in [-0.15, -0.1) is 0 Å². The first kappa shape index (κ1) is 25.0. The average Bonchev–Trinajstić information content (AvgIpc) is 2.97. The van der Waals surface area contributed by atoms with Crippen molar-refractivity contribution in [3.8, 4) is 22.8 Å². The average molecular weight is 509 g/mol. The molecule has 5 rings (SSSR count). The third kappa shape index (κ3) is 5.98. The van der Waals surface area contributed by atoms with Crippen LogP contribution in [0.1, 0.15) is 18.6 Å². The van der Waals surface area contributed by atoms with Crippen molar-refractivity contribution in [2.24, 2.45) is 0 Å². The molecule has 38 heavy (non-hydrogen) atoms. The first-order valence-corrected chi connectivity index (χ1v) is 12.5. The van der Waals surface area contributed by atoms with Crippen molar-refractivity contribution in [2.45, 2.75) is 13.0 Å². The first-order valence-electron chi connectivity index (χ1n) is 12.5. The van der Waals surface area contributed by atoms with Crippen LogP contribution in [0.3, 0.4) is 0 Å². The van der Waals surface area contributed by atoms with Crippen molar-refractivity contribution in [1.29, 1.82) is 0 Å². The van der Waals surface area contributed by atoms with Gasteiger partial charge < -0.3 is 19.3 Å². The van der Waals surface area contributed by atoms with Crippen molar-refractivity contribution in [3.05, 3.63) is 103 Å². The summed E-state index contributed by atoms with van der Waals surface area (Å²) in [5, 5.41) is 0. The zero-order chi connectivity index (χ0) is 26.3. The fraction of sp³-hybridized carbons (Fsp3) is 0.200. The topological polar surface area (TPSA) is 84.9 Å². The molecule has 1 amide bonds. The van der Waals surface area contributed by atoms with Crippen LogP contribution in [0.25, 0.3) is 11.3 Å². The highest BCUT2D eigenvalue weighted by atomic mass is 16.5. The lowest BCUT2D eigenvalue weighted by Crippen LogP contribution is -2.50. The summed E-state index contributed by atoms with van der Waals surface area (Å²) in [6.07, 6.45) is 0.795. The molecule has 2 heterocycles. The number of nitrogens with zero attached hydrogens (tertiary/aromatic N) is 4. The second-order valence-electron chi connectivity index (χ2n) is 8.89.